The van der Waals surface area contributed by atoms with Crippen molar-refractivity contribution in [2.45, 2.75) is 59.2 Å². The Hall–Kier alpha value is -2.04. The summed E-state index contributed by atoms with van der Waals surface area (Å²) in [5, 5.41) is 0. The minimum Gasteiger partial charge on any atom is -0.444 e. The molecule has 0 radical (unpaired) electrons. The van der Waals surface area contributed by atoms with Gasteiger partial charge in [-0.15, -0.1) is 0 Å². The highest BCUT2D eigenvalue weighted by molar-refractivity contribution is 5.94. The molecule has 5 heteroatoms. The first-order valence-corrected chi connectivity index (χ1v) is 8.46. The molecule has 0 aromatic heterocycles. The number of hydrogen-bond donors (Lipinski definition) is 0. The SMILES string of the molecule is CC(=O)c1ccc(N2C[C@@H](C)N(C(=O)OC(C)(C)C)[C@@H](C)C2)cc1. The summed E-state index contributed by atoms with van der Waals surface area (Å²) in [5.74, 6) is 0.0676. The van der Waals surface area contributed by atoms with Crippen LogP contribution in [0.3, 0.4) is 0 Å². The zero-order valence-electron chi connectivity index (χ0n) is 15.5. The van der Waals surface area contributed by atoms with Gasteiger partial charge in [0.1, 0.15) is 5.60 Å². The molecule has 1 heterocycles. The number of ketones is 1. The van der Waals surface area contributed by atoms with Crippen molar-refractivity contribution in [3.8, 4) is 0 Å². The number of benzene rings is 1. The molecule has 24 heavy (non-hydrogen) atoms. The van der Waals surface area contributed by atoms with Crippen molar-refractivity contribution < 1.29 is 14.3 Å². The zero-order chi connectivity index (χ0) is 18.1. The van der Waals surface area contributed by atoms with E-state index in [1.165, 1.54) is 0 Å². The minimum absolute atomic E-state index is 0.0519. The molecule has 5 nitrogen and oxygen atoms in total. The van der Waals surface area contributed by atoms with Gasteiger partial charge in [0.15, 0.2) is 5.78 Å². The van der Waals surface area contributed by atoms with Gasteiger partial charge in [-0.2, -0.15) is 0 Å². The molecule has 2 atom stereocenters. The van der Waals surface area contributed by atoms with Crippen LogP contribution in [0.4, 0.5) is 10.5 Å². The van der Waals surface area contributed by atoms with E-state index in [0.717, 1.165) is 18.8 Å². The molecule has 1 aromatic carbocycles. The number of carbonyl (C=O) groups is 2. The van der Waals surface area contributed by atoms with Gasteiger partial charge in [0, 0.05) is 24.3 Å². The monoisotopic (exact) mass is 332 g/mol. The largest absolute Gasteiger partial charge is 0.444 e. The van der Waals surface area contributed by atoms with E-state index in [1.807, 2.05) is 63.8 Å². The summed E-state index contributed by atoms with van der Waals surface area (Å²) in [4.78, 5) is 27.9. The van der Waals surface area contributed by atoms with Gasteiger partial charge in [0.2, 0.25) is 0 Å². The number of ether oxygens (including phenoxy) is 1. The Morgan fingerprint density at radius 1 is 1.04 bits per heavy atom. The maximum Gasteiger partial charge on any atom is 0.410 e. The van der Waals surface area contributed by atoms with Crippen LogP contribution in [0.15, 0.2) is 24.3 Å². The first-order valence-electron chi connectivity index (χ1n) is 8.46. The van der Waals surface area contributed by atoms with Gasteiger partial charge in [0.05, 0.1) is 12.1 Å². The van der Waals surface area contributed by atoms with E-state index in [2.05, 4.69) is 4.90 Å². The molecule has 1 fully saturated rings. The van der Waals surface area contributed by atoms with Gasteiger partial charge in [-0.3, -0.25) is 9.69 Å². The summed E-state index contributed by atoms with van der Waals surface area (Å²) in [6.45, 7) is 12.8. The van der Waals surface area contributed by atoms with Crippen LogP contribution in [-0.2, 0) is 4.74 Å². The zero-order valence-corrected chi connectivity index (χ0v) is 15.5. The molecule has 0 saturated carbocycles. The van der Waals surface area contributed by atoms with Crippen LogP contribution in [-0.4, -0.2) is 47.6 Å². The van der Waals surface area contributed by atoms with E-state index in [1.54, 1.807) is 6.92 Å². The second kappa shape index (κ2) is 6.83. The third-order valence-electron chi connectivity index (χ3n) is 4.16. The fraction of sp³-hybridized carbons (Fsp3) is 0.579. The fourth-order valence-electron chi connectivity index (χ4n) is 3.12. The van der Waals surface area contributed by atoms with Crippen LogP contribution in [0.1, 0.15) is 51.9 Å². The third-order valence-corrected chi connectivity index (χ3v) is 4.16. The molecule has 0 bridgehead atoms. The van der Waals surface area contributed by atoms with Crippen molar-refractivity contribution in [1.29, 1.82) is 0 Å². The first-order chi connectivity index (χ1) is 11.1. The highest BCUT2D eigenvalue weighted by atomic mass is 16.6. The summed E-state index contributed by atoms with van der Waals surface area (Å²) < 4.78 is 5.53. The van der Waals surface area contributed by atoms with E-state index < -0.39 is 5.60 Å². The lowest BCUT2D eigenvalue weighted by Crippen LogP contribution is -2.59. The van der Waals surface area contributed by atoms with Crippen LogP contribution in [0, 0.1) is 0 Å². The average Bonchev–Trinajstić information content (AvgIpc) is 2.44. The number of anilines is 1. The second-order valence-corrected chi connectivity index (χ2v) is 7.59. The van der Waals surface area contributed by atoms with Gasteiger partial charge in [0.25, 0.3) is 0 Å². The predicted molar refractivity (Wildman–Crippen MR) is 95.7 cm³/mol. The maximum absolute atomic E-state index is 12.4. The van der Waals surface area contributed by atoms with Crippen LogP contribution in [0.5, 0.6) is 0 Å². The Kier molecular flexibility index (Phi) is 5.21. The minimum atomic E-state index is -0.490. The van der Waals surface area contributed by atoms with Crippen molar-refractivity contribution in [2.24, 2.45) is 0 Å². The van der Waals surface area contributed by atoms with Crippen molar-refractivity contribution in [3.63, 3.8) is 0 Å². The molecular formula is C19H28N2O3. The molecule has 0 aliphatic carbocycles. The Morgan fingerprint density at radius 2 is 1.54 bits per heavy atom. The topological polar surface area (TPSA) is 49.9 Å². The first kappa shape index (κ1) is 18.3. The molecule has 0 unspecified atom stereocenters. The van der Waals surface area contributed by atoms with Crippen molar-refractivity contribution in [1.82, 2.24) is 4.90 Å². The molecule has 1 saturated heterocycles. The van der Waals surface area contributed by atoms with E-state index in [4.69, 9.17) is 4.74 Å². The smallest absolute Gasteiger partial charge is 0.410 e. The van der Waals surface area contributed by atoms with E-state index in [-0.39, 0.29) is 24.0 Å². The normalized spacial score (nSPS) is 21.6. The van der Waals surface area contributed by atoms with Gasteiger partial charge < -0.3 is 9.64 Å². The van der Waals surface area contributed by atoms with Crippen LogP contribution in [0.25, 0.3) is 0 Å². The number of amides is 1. The average molecular weight is 332 g/mol. The summed E-state index contributed by atoms with van der Waals surface area (Å²) in [7, 11) is 0. The van der Waals surface area contributed by atoms with Crippen LogP contribution in [0.2, 0.25) is 0 Å². The van der Waals surface area contributed by atoms with Gasteiger partial charge in [-0.1, -0.05) is 0 Å². The maximum atomic E-state index is 12.4. The Balaban J connectivity index is 2.09. The number of hydrogen-bond acceptors (Lipinski definition) is 4. The second-order valence-electron chi connectivity index (χ2n) is 7.59. The molecule has 2 rings (SSSR count). The summed E-state index contributed by atoms with van der Waals surface area (Å²) in [6.07, 6.45) is -0.255. The van der Waals surface area contributed by atoms with Crippen molar-refractivity contribution in [2.75, 3.05) is 18.0 Å². The fourth-order valence-corrected chi connectivity index (χ4v) is 3.12. The number of carbonyl (C=O) groups excluding carboxylic acids is 2. The molecule has 132 valence electrons. The number of nitrogens with zero attached hydrogens (tertiary/aromatic N) is 2. The molecule has 1 aliphatic heterocycles. The Labute approximate surface area is 144 Å². The van der Waals surface area contributed by atoms with Crippen molar-refractivity contribution >= 4 is 17.6 Å². The van der Waals surface area contributed by atoms with E-state index in [0.29, 0.717) is 5.56 Å². The quantitative estimate of drug-likeness (QED) is 0.775. The summed E-state index contributed by atoms with van der Waals surface area (Å²) in [5.41, 5.74) is 1.30. The standard InChI is InChI=1S/C19H28N2O3/c1-13-11-20(17-9-7-16(8-10-17)15(3)22)12-14(2)21(13)18(23)24-19(4,5)6/h7-10,13-14H,11-12H2,1-6H3/t13-,14+. The molecule has 1 aliphatic rings. The van der Waals surface area contributed by atoms with Gasteiger partial charge in [-0.25, -0.2) is 4.79 Å². The van der Waals surface area contributed by atoms with Gasteiger partial charge >= 0.3 is 6.09 Å². The number of Topliss-reactive ketones (excluding diaryl/α,β-unsaturated/α-hetero) is 1. The summed E-state index contributed by atoms with van der Waals surface area (Å²) in [6, 6.07) is 7.76. The lowest BCUT2D eigenvalue weighted by molar-refractivity contribution is 0.00565. The van der Waals surface area contributed by atoms with Gasteiger partial charge in [-0.05, 0) is 65.8 Å². The molecule has 0 N–H and O–H groups in total. The Morgan fingerprint density at radius 3 is 1.96 bits per heavy atom. The highest BCUT2D eigenvalue weighted by Gasteiger charge is 2.35. The molecule has 0 spiro atoms. The highest BCUT2D eigenvalue weighted by Crippen LogP contribution is 2.24. The summed E-state index contributed by atoms with van der Waals surface area (Å²) >= 11 is 0. The molecular weight excluding hydrogens is 304 g/mol. The molecule has 1 aromatic rings. The molecule has 1 amide bonds. The van der Waals surface area contributed by atoms with E-state index in [9.17, 15) is 9.59 Å². The number of piperazine rings is 1. The number of rotatable bonds is 2. The van der Waals surface area contributed by atoms with Crippen LogP contribution >= 0.6 is 0 Å². The van der Waals surface area contributed by atoms with Crippen LogP contribution < -0.4 is 4.90 Å². The third kappa shape index (κ3) is 4.28. The van der Waals surface area contributed by atoms with E-state index >= 15 is 0 Å². The van der Waals surface area contributed by atoms with Crippen molar-refractivity contribution in [3.05, 3.63) is 29.8 Å². The lowest BCUT2D eigenvalue weighted by Gasteiger charge is -2.45. The predicted octanol–water partition coefficient (Wildman–Crippen LogP) is 3.72. The lowest BCUT2D eigenvalue weighted by atomic mass is 10.1. The Bertz CT molecular complexity index is 592.